The van der Waals surface area contributed by atoms with Gasteiger partial charge in [-0.1, -0.05) is 36.4 Å². The minimum absolute atomic E-state index is 0.128. The molecule has 2 heterocycles. The monoisotopic (exact) mass is 388 g/mol. The van der Waals surface area contributed by atoms with E-state index in [4.69, 9.17) is 0 Å². The molecule has 6 heteroatoms. The predicted molar refractivity (Wildman–Crippen MR) is 100 cm³/mol. The minimum Gasteiger partial charge on any atom is -0.334 e. The maximum Gasteiger partial charge on any atom is 0.416 e. The number of hydrogen-bond donors (Lipinski definition) is 1. The Morgan fingerprint density at radius 2 is 1.86 bits per heavy atom. The number of hydrogen-bond acceptors (Lipinski definition) is 2. The first-order valence-corrected chi connectivity index (χ1v) is 9.68. The maximum atomic E-state index is 13.1. The first-order chi connectivity index (χ1) is 13.4. The number of benzene rings is 2. The summed E-state index contributed by atoms with van der Waals surface area (Å²) >= 11 is 0. The summed E-state index contributed by atoms with van der Waals surface area (Å²) in [6.07, 6.45) is 0.279. The Morgan fingerprint density at radius 3 is 2.61 bits per heavy atom. The van der Waals surface area contributed by atoms with Crippen molar-refractivity contribution in [2.45, 2.75) is 56.5 Å². The number of carbonyl (C=O) groups is 1. The quantitative estimate of drug-likeness (QED) is 0.801. The van der Waals surface area contributed by atoms with E-state index in [1.54, 1.807) is 18.2 Å². The van der Waals surface area contributed by atoms with Gasteiger partial charge in [0.25, 0.3) is 5.91 Å². The van der Waals surface area contributed by atoms with Crippen molar-refractivity contribution in [1.29, 1.82) is 0 Å². The molecule has 1 N–H and O–H groups in total. The van der Waals surface area contributed by atoms with Crippen molar-refractivity contribution in [3.63, 3.8) is 0 Å². The molecule has 2 saturated heterocycles. The second kappa shape index (κ2) is 7.24. The molecule has 2 aliphatic heterocycles. The lowest BCUT2D eigenvalue weighted by molar-refractivity contribution is -0.137. The number of piperidine rings is 1. The molecule has 2 fully saturated rings. The smallest absolute Gasteiger partial charge is 0.334 e. The van der Waals surface area contributed by atoms with Crippen molar-refractivity contribution < 1.29 is 18.0 Å². The third kappa shape index (κ3) is 3.65. The van der Waals surface area contributed by atoms with E-state index < -0.39 is 17.4 Å². The van der Waals surface area contributed by atoms with E-state index in [0.717, 1.165) is 38.2 Å². The Morgan fingerprint density at radius 1 is 1.07 bits per heavy atom. The van der Waals surface area contributed by atoms with Crippen LogP contribution >= 0.6 is 0 Å². The van der Waals surface area contributed by atoms with Crippen LogP contribution in [0.2, 0.25) is 0 Å². The third-order valence-electron chi connectivity index (χ3n) is 6.00. The molecule has 0 spiro atoms. The lowest BCUT2D eigenvalue weighted by Crippen LogP contribution is -2.60. The Balaban J connectivity index is 1.58. The summed E-state index contributed by atoms with van der Waals surface area (Å²) in [5.74, 6) is -0.128. The van der Waals surface area contributed by atoms with Crippen molar-refractivity contribution in [1.82, 2.24) is 10.2 Å². The minimum atomic E-state index is -4.35. The summed E-state index contributed by atoms with van der Waals surface area (Å²) in [6, 6.07) is 14.9. The molecule has 1 amide bonds. The van der Waals surface area contributed by atoms with Gasteiger partial charge in [-0.25, -0.2) is 0 Å². The second-order valence-electron chi connectivity index (χ2n) is 7.76. The fourth-order valence-corrected chi connectivity index (χ4v) is 4.65. The van der Waals surface area contributed by atoms with Crippen LogP contribution in [-0.2, 0) is 12.7 Å². The van der Waals surface area contributed by atoms with Crippen LogP contribution in [0.4, 0.5) is 13.2 Å². The van der Waals surface area contributed by atoms with Gasteiger partial charge in [-0.2, -0.15) is 13.2 Å². The van der Waals surface area contributed by atoms with Crippen LogP contribution < -0.4 is 5.32 Å². The van der Waals surface area contributed by atoms with Gasteiger partial charge in [0.1, 0.15) is 0 Å². The summed E-state index contributed by atoms with van der Waals surface area (Å²) in [5, 5.41) is 3.22. The zero-order valence-electron chi connectivity index (χ0n) is 15.5. The molecule has 0 radical (unpaired) electrons. The van der Waals surface area contributed by atoms with Crippen LogP contribution in [0.15, 0.2) is 54.6 Å². The zero-order valence-corrected chi connectivity index (χ0v) is 15.5. The molecule has 2 aliphatic rings. The van der Waals surface area contributed by atoms with Crippen LogP contribution in [0.5, 0.6) is 0 Å². The second-order valence-corrected chi connectivity index (χ2v) is 7.76. The Kier molecular flexibility index (Phi) is 4.91. The molecule has 2 aromatic carbocycles. The number of rotatable bonds is 4. The van der Waals surface area contributed by atoms with Gasteiger partial charge in [0.05, 0.1) is 11.2 Å². The maximum absolute atomic E-state index is 13.1. The lowest BCUT2D eigenvalue weighted by atomic mass is 9.95. The molecule has 2 unspecified atom stereocenters. The topological polar surface area (TPSA) is 32.3 Å². The van der Waals surface area contributed by atoms with Gasteiger partial charge in [-0.3, -0.25) is 9.69 Å². The van der Waals surface area contributed by atoms with Crippen molar-refractivity contribution in [3.05, 3.63) is 71.3 Å². The number of fused-ring (bicyclic) bond motifs is 2. The molecule has 0 aromatic heterocycles. The standard InChI is InChI=1S/C22H23F3N2O/c23-22(24,25)18-9-4-6-16(14-18)15-27-19-10-5-12-21(27,13-11-19)26-20(28)17-7-2-1-3-8-17/h1-4,6-9,14,19H,5,10-13,15H2,(H,26,28). The molecule has 2 bridgehead atoms. The molecular weight excluding hydrogens is 365 g/mol. The number of nitrogens with one attached hydrogen (secondary N) is 1. The fraction of sp³-hybridized carbons (Fsp3) is 0.409. The summed E-state index contributed by atoms with van der Waals surface area (Å²) in [6.45, 7) is 0.406. The first kappa shape index (κ1) is 19.0. The van der Waals surface area contributed by atoms with Crippen LogP contribution in [0.25, 0.3) is 0 Å². The molecular formula is C22H23F3N2O. The van der Waals surface area contributed by atoms with Gasteiger partial charge < -0.3 is 5.32 Å². The molecule has 148 valence electrons. The van der Waals surface area contributed by atoms with Gasteiger partial charge in [0, 0.05) is 18.2 Å². The van der Waals surface area contributed by atoms with Crippen molar-refractivity contribution in [3.8, 4) is 0 Å². The average Bonchev–Trinajstić information content (AvgIpc) is 2.86. The lowest BCUT2D eigenvalue weighted by Gasteiger charge is -2.45. The highest BCUT2D eigenvalue weighted by molar-refractivity contribution is 5.94. The highest BCUT2D eigenvalue weighted by Crippen LogP contribution is 2.43. The van der Waals surface area contributed by atoms with Crippen LogP contribution in [0.3, 0.4) is 0 Å². The van der Waals surface area contributed by atoms with Crippen molar-refractivity contribution in [2.24, 2.45) is 0 Å². The number of halogens is 3. The predicted octanol–water partition coefficient (Wildman–Crippen LogP) is 4.98. The van der Waals surface area contributed by atoms with Gasteiger partial charge in [-0.15, -0.1) is 0 Å². The Hall–Kier alpha value is -2.34. The van der Waals surface area contributed by atoms with Crippen LogP contribution in [0.1, 0.15) is 53.6 Å². The highest BCUT2D eigenvalue weighted by Gasteiger charge is 2.49. The van der Waals surface area contributed by atoms with Crippen LogP contribution in [0, 0.1) is 0 Å². The number of alkyl halides is 3. The molecule has 3 nitrogen and oxygen atoms in total. The van der Waals surface area contributed by atoms with E-state index in [1.807, 2.05) is 18.2 Å². The van der Waals surface area contributed by atoms with Gasteiger partial charge in [-0.05, 0) is 55.9 Å². The number of nitrogens with zero attached hydrogens (tertiary/aromatic N) is 1. The SMILES string of the molecule is O=C(NC12CCCC(CC1)N2Cc1cccc(C(F)(F)F)c1)c1ccccc1. The molecule has 0 saturated carbocycles. The summed E-state index contributed by atoms with van der Waals surface area (Å²) < 4.78 is 39.2. The highest BCUT2D eigenvalue weighted by atomic mass is 19.4. The van der Waals surface area contributed by atoms with E-state index in [0.29, 0.717) is 23.7 Å². The Bertz CT molecular complexity index is 848. The normalized spacial score (nSPS) is 24.9. The Labute approximate surface area is 162 Å². The van der Waals surface area contributed by atoms with Gasteiger partial charge >= 0.3 is 6.18 Å². The van der Waals surface area contributed by atoms with Crippen LogP contribution in [-0.4, -0.2) is 22.5 Å². The van der Waals surface area contributed by atoms with Gasteiger partial charge in [0.2, 0.25) is 0 Å². The third-order valence-corrected chi connectivity index (χ3v) is 6.00. The first-order valence-electron chi connectivity index (χ1n) is 9.68. The number of amides is 1. The molecule has 4 rings (SSSR count). The number of carbonyl (C=O) groups excluding carboxylic acids is 1. The molecule has 2 aromatic rings. The van der Waals surface area contributed by atoms with E-state index in [9.17, 15) is 18.0 Å². The van der Waals surface area contributed by atoms with E-state index in [-0.39, 0.29) is 5.91 Å². The molecule has 2 atom stereocenters. The van der Waals surface area contributed by atoms with Crippen molar-refractivity contribution >= 4 is 5.91 Å². The molecule has 28 heavy (non-hydrogen) atoms. The van der Waals surface area contributed by atoms with Gasteiger partial charge in [0.15, 0.2) is 0 Å². The largest absolute Gasteiger partial charge is 0.416 e. The van der Waals surface area contributed by atoms with E-state index in [1.165, 1.54) is 12.1 Å². The summed E-state index contributed by atoms with van der Waals surface area (Å²) in [7, 11) is 0. The zero-order chi connectivity index (χ0) is 19.8. The van der Waals surface area contributed by atoms with E-state index >= 15 is 0 Å². The fourth-order valence-electron chi connectivity index (χ4n) is 4.65. The average molecular weight is 388 g/mol. The molecule has 0 aliphatic carbocycles. The van der Waals surface area contributed by atoms with Crippen molar-refractivity contribution in [2.75, 3.05) is 0 Å². The summed E-state index contributed by atoms with van der Waals surface area (Å²) in [4.78, 5) is 15.0. The van der Waals surface area contributed by atoms with E-state index in [2.05, 4.69) is 10.2 Å². The summed E-state index contributed by atoms with van der Waals surface area (Å²) in [5.41, 5.74) is 0.118.